The minimum absolute atomic E-state index is 0.200. The second kappa shape index (κ2) is 5.02. The van der Waals surface area contributed by atoms with Gasteiger partial charge in [0.1, 0.15) is 0 Å². The maximum Gasteiger partial charge on any atom is 0.166 e. The Morgan fingerprint density at radius 1 is 1.32 bits per heavy atom. The predicted octanol–water partition coefficient (Wildman–Crippen LogP) is 3.72. The van der Waals surface area contributed by atoms with Crippen molar-refractivity contribution in [1.82, 2.24) is 0 Å². The van der Waals surface area contributed by atoms with Gasteiger partial charge in [-0.2, -0.15) is 17.0 Å². The zero-order chi connectivity index (χ0) is 13.4. The molecule has 2 aliphatic rings. The summed E-state index contributed by atoms with van der Waals surface area (Å²) in [6, 6.07) is 7.62. The first-order chi connectivity index (χ1) is 9.17. The van der Waals surface area contributed by atoms with Crippen molar-refractivity contribution in [2.75, 3.05) is 0 Å². The molecule has 0 aliphatic carbocycles. The smallest absolute Gasteiger partial charge is 0.166 e. The molecule has 0 amide bonds. The van der Waals surface area contributed by atoms with Crippen molar-refractivity contribution in [3.05, 3.63) is 34.9 Å². The minimum atomic E-state index is 0.200. The molecule has 2 atom stereocenters. The van der Waals surface area contributed by atoms with E-state index in [1.165, 1.54) is 12.8 Å². The van der Waals surface area contributed by atoms with Crippen molar-refractivity contribution >= 4 is 17.5 Å². The Morgan fingerprint density at radius 3 is 2.58 bits per heavy atom. The van der Waals surface area contributed by atoms with Gasteiger partial charge < -0.3 is 0 Å². The number of aryl methyl sites for hydroxylation is 1. The standard InChI is InChI=1S/C16H17NOS/c1-10-6-11(2-3-12(10)9-17)16(18)13-7-14-4-5-15(8-13)19-14/h2-3,6,13-15H,4-5,7-8H2,1H3. The molecule has 98 valence electrons. The molecule has 1 aromatic rings. The molecular formula is C16H17NOS. The summed E-state index contributed by atoms with van der Waals surface area (Å²) in [6.07, 6.45) is 4.65. The van der Waals surface area contributed by atoms with Gasteiger partial charge in [0.05, 0.1) is 11.6 Å². The van der Waals surface area contributed by atoms with E-state index >= 15 is 0 Å². The summed E-state index contributed by atoms with van der Waals surface area (Å²) < 4.78 is 0. The van der Waals surface area contributed by atoms with E-state index in [1.54, 1.807) is 6.07 Å². The first-order valence-corrected chi connectivity index (χ1v) is 7.82. The van der Waals surface area contributed by atoms with Gasteiger partial charge in [-0.15, -0.1) is 0 Å². The van der Waals surface area contributed by atoms with Crippen LogP contribution in [0.4, 0.5) is 0 Å². The molecule has 0 spiro atoms. The van der Waals surface area contributed by atoms with Gasteiger partial charge in [0.15, 0.2) is 5.78 Å². The van der Waals surface area contributed by atoms with E-state index < -0.39 is 0 Å². The van der Waals surface area contributed by atoms with Crippen molar-refractivity contribution < 1.29 is 4.79 Å². The van der Waals surface area contributed by atoms with Gasteiger partial charge in [-0.1, -0.05) is 6.07 Å². The maximum atomic E-state index is 12.6. The number of carbonyl (C=O) groups is 1. The molecule has 19 heavy (non-hydrogen) atoms. The Bertz CT molecular complexity index is 548. The van der Waals surface area contributed by atoms with Crippen LogP contribution in [-0.4, -0.2) is 16.3 Å². The van der Waals surface area contributed by atoms with Crippen LogP contribution in [-0.2, 0) is 0 Å². The lowest BCUT2D eigenvalue weighted by Crippen LogP contribution is -2.24. The Morgan fingerprint density at radius 2 is 2.00 bits per heavy atom. The molecule has 0 saturated carbocycles. The first-order valence-electron chi connectivity index (χ1n) is 6.88. The van der Waals surface area contributed by atoms with Crippen LogP contribution in [0.3, 0.4) is 0 Å². The summed E-state index contributed by atoms with van der Waals surface area (Å²) in [5.41, 5.74) is 2.35. The molecule has 2 aliphatic heterocycles. The van der Waals surface area contributed by atoms with Gasteiger partial charge in [0.2, 0.25) is 0 Å². The van der Waals surface area contributed by atoms with Gasteiger partial charge in [-0.3, -0.25) is 4.79 Å². The van der Waals surface area contributed by atoms with Crippen molar-refractivity contribution in [3.8, 4) is 6.07 Å². The number of thioether (sulfide) groups is 1. The second-order valence-electron chi connectivity index (χ2n) is 5.63. The first kappa shape index (κ1) is 12.7. The lowest BCUT2D eigenvalue weighted by atomic mass is 9.89. The number of rotatable bonds is 2. The van der Waals surface area contributed by atoms with Gasteiger partial charge in [0, 0.05) is 22.0 Å². The average molecular weight is 271 g/mol. The molecule has 0 N–H and O–H groups in total. The van der Waals surface area contributed by atoms with E-state index in [2.05, 4.69) is 17.8 Å². The number of benzene rings is 1. The van der Waals surface area contributed by atoms with Crippen molar-refractivity contribution in [3.63, 3.8) is 0 Å². The SMILES string of the molecule is Cc1cc(C(=O)C2CC3CCC(C2)S3)ccc1C#N. The van der Waals surface area contributed by atoms with Crippen LogP contribution in [0.1, 0.15) is 47.2 Å². The van der Waals surface area contributed by atoms with Crippen LogP contribution in [0.25, 0.3) is 0 Å². The number of hydrogen-bond acceptors (Lipinski definition) is 3. The third-order valence-corrected chi connectivity index (χ3v) is 5.92. The van der Waals surface area contributed by atoms with Crippen molar-refractivity contribution in [2.45, 2.75) is 43.1 Å². The quantitative estimate of drug-likeness (QED) is 0.770. The van der Waals surface area contributed by atoms with E-state index in [-0.39, 0.29) is 11.7 Å². The Labute approximate surface area is 118 Å². The van der Waals surface area contributed by atoms with E-state index in [9.17, 15) is 4.79 Å². The minimum Gasteiger partial charge on any atom is -0.294 e. The normalized spacial score (nSPS) is 28.9. The molecular weight excluding hydrogens is 254 g/mol. The third kappa shape index (κ3) is 2.42. The summed E-state index contributed by atoms with van der Waals surface area (Å²) in [4.78, 5) is 12.6. The van der Waals surface area contributed by atoms with E-state index in [1.807, 2.05) is 19.1 Å². The number of fused-ring (bicyclic) bond motifs is 2. The summed E-state index contributed by atoms with van der Waals surface area (Å²) in [5, 5.41) is 10.3. The van der Waals surface area contributed by atoms with Crippen LogP contribution in [0.2, 0.25) is 0 Å². The number of nitriles is 1. The lowest BCUT2D eigenvalue weighted by molar-refractivity contribution is 0.0907. The molecule has 2 unspecified atom stereocenters. The molecule has 2 fully saturated rings. The molecule has 0 aromatic heterocycles. The summed E-state index contributed by atoms with van der Waals surface area (Å²) in [6.45, 7) is 1.90. The van der Waals surface area contributed by atoms with Crippen molar-refractivity contribution in [1.29, 1.82) is 5.26 Å². The van der Waals surface area contributed by atoms with Gasteiger partial charge in [0.25, 0.3) is 0 Å². The number of hydrogen-bond donors (Lipinski definition) is 0. The highest BCUT2D eigenvalue weighted by atomic mass is 32.2. The van der Waals surface area contributed by atoms with E-state index in [0.717, 1.165) is 24.0 Å². The molecule has 3 rings (SSSR count). The largest absolute Gasteiger partial charge is 0.294 e. The Balaban J connectivity index is 1.80. The van der Waals surface area contributed by atoms with E-state index in [4.69, 9.17) is 5.26 Å². The number of nitrogens with zero attached hydrogens (tertiary/aromatic N) is 1. The van der Waals surface area contributed by atoms with Crippen LogP contribution in [0, 0.1) is 24.2 Å². The molecule has 0 radical (unpaired) electrons. The monoisotopic (exact) mass is 271 g/mol. The molecule has 2 saturated heterocycles. The number of carbonyl (C=O) groups excluding carboxylic acids is 1. The van der Waals surface area contributed by atoms with Crippen LogP contribution < -0.4 is 0 Å². The lowest BCUT2D eigenvalue weighted by Gasteiger charge is -2.26. The fourth-order valence-electron chi connectivity index (χ4n) is 3.25. The predicted molar refractivity (Wildman–Crippen MR) is 77.3 cm³/mol. The number of Topliss-reactive ketones (excluding diaryl/α,β-unsaturated/α-hetero) is 1. The highest BCUT2D eigenvalue weighted by Gasteiger charge is 2.37. The zero-order valence-electron chi connectivity index (χ0n) is 11.1. The van der Waals surface area contributed by atoms with Gasteiger partial charge >= 0.3 is 0 Å². The summed E-state index contributed by atoms with van der Waals surface area (Å²) in [7, 11) is 0. The number of ketones is 1. The Hall–Kier alpha value is -1.27. The van der Waals surface area contributed by atoms with E-state index in [0.29, 0.717) is 16.1 Å². The highest BCUT2D eigenvalue weighted by Crippen LogP contribution is 2.46. The van der Waals surface area contributed by atoms with Crippen molar-refractivity contribution in [2.24, 2.45) is 5.92 Å². The van der Waals surface area contributed by atoms with Crippen LogP contribution in [0.5, 0.6) is 0 Å². The second-order valence-corrected chi connectivity index (χ2v) is 7.24. The maximum absolute atomic E-state index is 12.6. The molecule has 3 heteroatoms. The van der Waals surface area contributed by atoms with Crippen LogP contribution in [0.15, 0.2) is 18.2 Å². The molecule has 2 bridgehead atoms. The molecule has 2 nitrogen and oxygen atoms in total. The third-order valence-electron chi connectivity index (χ3n) is 4.29. The molecule has 2 heterocycles. The van der Waals surface area contributed by atoms with Gasteiger partial charge in [-0.05, 0) is 50.3 Å². The fraction of sp³-hybridized carbons (Fsp3) is 0.500. The highest BCUT2D eigenvalue weighted by molar-refractivity contribution is 8.00. The molecule has 1 aromatic carbocycles. The van der Waals surface area contributed by atoms with Crippen LogP contribution >= 0.6 is 11.8 Å². The Kier molecular flexibility index (Phi) is 3.36. The fourth-order valence-corrected chi connectivity index (χ4v) is 5.03. The zero-order valence-corrected chi connectivity index (χ0v) is 11.9. The average Bonchev–Trinajstić information content (AvgIpc) is 2.76. The summed E-state index contributed by atoms with van der Waals surface area (Å²) in [5.74, 6) is 0.482. The van der Waals surface area contributed by atoms with Gasteiger partial charge in [-0.25, -0.2) is 0 Å². The topological polar surface area (TPSA) is 40.9 Å². The summed E-state index contributed by atoms with van der Waals surface area (Å²) >= 11 is 2.08.